The third-order valence-electron chi connectivity index (χ3n) is 5.24. The van der Waals surface area contributed by atoms with Gasteiger partial charge in [0.25, 0.3) is 11.8 Å². The van der Waals surface area contributed by atoms with Gasteiger partial charge in [0.2, 0.25) is 0 Å². The van der Waals surface area contributed by atoms with Crippen LogP contribution in [-0.2, 0) is 0 Å². The molecule has 0 saturated heterocycles. The summed E-state index contributed by atoms with van der Waals surface area (Å²) in [7, 11) is 0. The zero-order valence-corrected chi connectivity index (χ0v) is 19.9. The van der Waals surface area contributed by atoms with Gasteiger partial charge in [-0.15, -0.1) is 0 Å². The van der Waals surface area contributed by atoms with Crippen LogP contribution in [0.1, 0.15) is 42.2 Å². The molecule has 4 aromatic rings. The smallest absolute Gasteiger partial charge is 0.257 e. The lowest BCUT2D eigenvalue weighted by Gasteiger charge is -2.14. The predicted octanol–water partition coefficient (Wildman–Crippen LogP) is 6.49. The van der Waals surface area contributed by atoms with E-state index in [-0.39, 0.29) is 17.3 Å². The van der Waals surface area contributed by atoms with Gasteiger partial charge < -0.3 is 10.6 Å². The predicted molar refractivity (Wildman–Crippen MR) is 138 cm³/mol. The highest BCUT2D eigenvalue weighted by Gasteiger charge is 2.19. The van der Waals surface area contributed by atoms with E-state index in [0.29, 0.717) is 32.5 Å². The molecule has 0 spiro atoms. The molecule has 0 bridgehead atoms. The van der Waals surface area contributed by atoms with Crippen molar-refractivity contribution >= 4 is 44.9 Å². The van der Waals surface area contributed by atoms with Crippen LogP contribution < -0.4 is 10.6 Å². The molecule has 34 heavy (non-hydrogen) atoms. The fourth-order valence-electron chi connectivity index (χ4n) is 3.51. The second-order valence-electron chi connectivity index (χ2n) is 7.68. The minimum Gasteiger partial charge on any atom is -0.321 e. The van der Waals surface area contributed by atoms with Crippen LogP contribution in [0.3, 0.4) is 0 Å². The minimum atomic E-state index is -0.436. The van der Waals surface area contributed by atoms with Gasteiger partial charge in [0.15, 0.2) is 5.78 Å². The molecule has 0 unspecified atom stereocenters. The summed E-state index contributed by atoms with van der Waals surface area (Å²) in [5, 5.41) is 5.66. The number of aryl methyl sites for hydroxylation is 1. The highest BCUT2D eigenvalue weighted by atomic mass is 79.9. The first-order valence-corrected chi connectivity index (χ1v) is 11.4. The molecule has 0 atom stereocenters. The van der Waals surface area contributed by atoms with Crippen molar-refractivity contribution in [3.63, 3.8) is 0 Å². The lowest BCUT2D eigenvalue weighted by Crippen LogP contribution is -2.19. The Balaban J connectivity index is 1.62. The minimum absolute atomic E-state index is 0.185. The zero-order valence-electron chi connectivity index (χ0n) is 18.3. The summed E-state index contributed by atoms with van der Waals surface area (Å²) in [6.45, 7) is 1.89. The number of hydrogen-bond acceptors (Lipinski definition) is 3. The SMILES string of the molecule is Cc1ccc(NC(=O)c2ccccc2NC(=O)c2ccccc2Br)c(C(=O)c2ccccc2)c1. The number of nitrogens with one attached hydrogen (secondary N) is 2. The lowest BCUT2D eigenvalue weighted by molar-refractivity contribution is 0.102. The average molecular weight is 513 g/mol. The van der Waals surface area contributed by atoms with E-state index in [1.165, 1.54) is 0 Å². The molecule has 5 nitrogen and oxygen atoms in total. The number of carbonyl (C=O) groups excluding carboxylic acids is 3. The van der Waals surface area contributed by atoms with Crippen molar-refractivity contribution in [1.82, 2.24) is 0 Å². The van der Waals surface area contributed by atoms with Crippen LogP contribution >= 0.6 is 15.9 Å². The highest BCUT2D eigenvalue weighted by molar-refractivity contribution is 9.10. The third kappa shape index (κ3) is 5.13. The first kappa shape index (κ1) is 23.1. The van der Waals surface area contributed by atoms with Crippen molar-refractivity contribution < 1.29 is 14.4 Å². The summed E-state index contributed by atoms with van der Waals surface area (Å²) in [6.07, 6.45) is 0. The molecule has 0 aliphatic heterocycles. The van der Waals surface area contributed by atoms with Gasteiger partial charge in [-0.1, -0.05) is 66.2 Å². The summed E-state index contributed by atoms with van der Waals surface area (Å²) in [5.74, 6) is -0.966. The molecule has 0 fully saturated rings. The summed E-state index contributed by atoms with van der Waals surface area (Å²) >= 11 is 3.38. The number of carbonyl (C=O) groups is 3. The van der Waals surface area contributed by atoms with E-state index in [1.54, 1.807) is 78.9 Å². The Bertz CT molecular complexity index is 1380. The van der Waals surface area contributed by atoms with E-state index in [0.717, 1.165) is 5.56 Å². The molecule has 0 heterocycles. The van der Waals surface area contributed by atoms with Crippen molar-refractivity contribution in [1.29, 1.82) is 0 Å². The third-order valence-corrected chi connectivity index (χ3v) is 5.93. The second kappa shape index (κ2) is 10.3. The number of halogens is 1. The van der Waals surface area contributed by atoms with E-state index in [1.807, 2.05) is 25.1 Å². The Hall–Kier alpha value is -4.03. The lowest BCUT2D eigenvalue weighted by atomic mass is 9.99. The Labute approximate surface area is 206 Å². The highest BCUT2D eigenvalue weighted by Crippen LogP contribution is 2.25. The molecular weight excluding hydrogens is 492 g/mol. The van der Waals surface area contributed by atoms with Crippen LogP contribution in [-0.4, -0.2) is 17.6 Å². The van der Waals surface area contributed by atoms with Crippen molar-refractivity contribution in [2.24, 2.45) is 0 Å². The number of rotatable bonds is 6. The van der Waals surface area contributed by atoms with Crippen LogP contribution in [0, 0.1) is 6.92 Å². The quantitative estimate of drug-likeness (QED) is 0.289. The maximum Gasteiger partial charge on any atom is 0.257 e. The molecule has 2 amide bonds. The molecule has 6 heteroatoms. The number of hydrogen-bond donors (Lipinski definition) is 2. The van der Waals surface area contributed by atoms with Gasteiger partial charge in [0, 0.05) is 15.6 Å². The topological polar surface area (TPSA) is 75.3 Å². The maximum absolute atomic E-state index is 13.2. The van der Waals surface area contributed by atoms with E-state index in [4.69, 9.17) is 0 Å². The Morgan fingerprint density at radius 2 is 1.18 bits per heavy atom. The van der Waals surface area contributed by atoms with Gasteiger partial charge in [-0.05, 0) is 59.3 Å². The van der Waals surface area contributed by atoms with Gasteiger partial charge in [-0.2, -0.15) is 0 Å². The molecule has 0 aliphatic rings. The fraction of sp³-hybridized carbons (Fsp3) is 0.0357. The van der Waals surface area contributed by atoms with Crippen LogP contribution in [0.4, 0.5) is 11.4 Å². The van der Waals surface area contributed by atoms with Crippen molar-refractivity contribution in [3.8, 4) is 0 Å². The fourth-order valence-corrected chi connectivity index (χ4v) is 3.98. The van der Waals surface area contributed by atoms with Gasteiger partial charge in [0.1, 0.15) is 0 Å². The number of ketones is 1. The summed E-state index contributed by atoms with van der Waals surface area (Å²) in [4.78, 5) is 39.1. The van der Waals surface area contributed by atoms with Gasteiger partial charge in [-0.3, -0.25) is 14.4 Å². The standard InChI is InChI=1S/C28H21BrN2O3/c1-18-15-16-25(22(17-18)26(32)19-9-3-2-4-10-19)31-28(34)21-12-6-8-14-24(21)30-27(33)20-11-5-7-13-23(20)29/h2-17H,1H3,(H,30,33)(H,31,34). The molecule has 0 aliphatic carbocycles. The normalized spacial score (nSPS) is 10.4. The van der Waals surface area contributed by atoms with Crippen LogP contribution in [0.2, 0.25) is 0 Å². The summed E-state index contributed by atoms with van der Waals surface area (Å²) in [6, 6.07) is 28.0. The molecular formula is C28H21BrN2O3. The van der Waals surface area contributed by atoms with Gasteiger partial charge in [-0.25, -0.2) is 0 Å². The van der Waals surface area contributed by atoms with E-state index in [9.17, 15) is 14.4 Å². The summed E-state index contributed by atoms with van der Waals surface area (Å²) in [5.41, 5.74) is 3.33. The monoisotopic (exact) mass is 512 g/mol. The zero-order chi connectivity index (χ0) is 24.1. The van der Waals surface area contributed by atoms with E-state index in [2.05, 4.69) is 26.6 Å². The summed E-state index contributed by atoms with van der Waals surface area (Å²) < 4.78 is 0.651. The number of anilines is 2. The first-order valence-electron chi connectivity index (χ1n) is 10.6. The molecule has 4 rings (SSSR count). The van der Waals surface area contributed by atoms with Crippen LogP contribution in [0.15, 0.2) is 102 Å². The Morgan fingerprint density at radius 3 is 1.88 bits per heavy atom. The van der Waals surface area contributed by atoms with Crippen LogP contribution in [0.5, 0.6) is 0 Å². The van der Waals surface area contributed by atoms with Crippen molar-refractivity contribution in [2.45, 2.75) is 6.92 Å². The number of amides is 2. The molecule has 0 saturated carbocycles. The molecule has 0 aromatic heterocycles. The number of benzene rings is 4. The first-order chi connectivity index (χ1) is 16.4. The maximum atomic E-state index is 13.2. The second-order valence-corrected chi connectivity index (χ2v) is 8.53. The van der Waals surface area contributed by atoms with Crippen LogP contribution in [0.25, 0.3) is 0 Å². The van der Waals surface area contributed by atoms with E-state index >= 15 is 0 Å². The van der Waals surface area contributed by atoms with Crippen molar-refractivity contribution in [2.75, 3.05) is 10.6 Å². The molecule has 2 N–H and O–H groups in total. The largest absolute Gasteiger partial charge is 0.321 e. The van der Waals surface area contributed by atoms with Crippen molar-refractivity contribution in [3.05, 3.63) is 129 Å². The average Bonchev–Trinajstić information content (AvgIpc) is 2.85. The Kier molecular flexibility index (Phi) is 6.99. The number of para-hydroxylation sites is 1. The van der Waals surface area contributed by atoms with E-state index < -0.39 is 5.91 Å². The van der Waals surface area contributed by atoms with Gasteiger partial charge in [0.05, 0.1) is 22.5 Å². The molecule has 4 aromatic carbocycles. The molecule has 0 radical (unpaired) electrons. The van der Waals surface area contributed by atoms with Gasteiger partial charge >= 0.3 is 0 Å². The molecule has 168 valence electrons. The Morgan fingerprint density at radius 1 is 0.618 bits per heavy atom.